The lowest BCUT2D eigenvalue weighted by atomic mass is 9.97. The first-order valence-corrected chi connectivity index (χ1v) is 20.0. The highest BCUT2D eigenvalue weighted by atomic mass is 19.4. The number of halogens is 9. The second-order valence-corrected chi connectivity index (χ2v) is 15.8. The van der Waals surface area contributed by atoms with Crippen LogP contribution in [0.2, 0.25) is 0 Å². The maximum atomic E-state index is 13.9. The number of nitriles is 1. The van der Waals surface area contributed by atoms with Crippen LogP contribution in [0.15, 0.2) is 158 Å². The fraction of sp³-hybridized carbons (Fsp3) is 0.0769. The van der Waals surface area contributed by atoms with Crippen LogP contribution in [0.3, 0.4) is 0 Å². The van der Waals surface area contributed by atoms with Gasteiger partial charge in [-0.3, -0.25) is 4.98 Å². The predicted molar refractivity (Wildman–Crippen MR) is 234 cm³/mol. The summed E-state index contributed by atoms with van der Waals surface area (Å²) < 4.78 is 129. The smallest absolute Gasteiger partial charge is 0.309 e. The zero-order valence-electron chi connectivity index (χ0n) is 33.7. The lowest BCUT2D eigenvalue weighted by molar-refractivity contribution is -0.143. The molecule has 13 heteroatoms. The summed E-state index contributed by atoms with van der Waals surface area (Å²) in [5.41, 5.74) is 3.02. The van der Waals surface area contributed by atoms with Crippen molar-refractivity contribution >= 4 is 43.6 Å². The van der Waals surface area contributed by atoms with E-state index in [1.807, 2.05) is 75.9 Å². The van der Waals surface area contributed by atoms with Crippen molar-refractivity contribution in [2.75, 3.05) is 0 Å². The third-order valence-corrected chi connectivity index (χ3v) is 11.7. The third kappa shape index (κ3) is 7.11. The summed E-state index contributed by atoms with van der Waals surface area (Å²) >= 11 is 0. The molecule has 0 saturated heterocycles. The van der Waals surface area contributed by atoms with Crippen molar-refractivity contribution in [2.45, 2.75) is 25.5 Å². The SMILES string of the molecule is Cc1cc(-c2ccc3c(c2)c2ccccc2n3-c2ccc(C#N)cc2-c2ncccc2-n2c3ccccc3c3cc(-c4cc(C(F)(F)F)cc(C(F)(F)F)c4)ccc32)cc(C(F)(F)F)c1. The van der Waals surface area contributed by atoms with Gasteiger partial charge in [-0.05, 0) is 132 Å². The van der Waals surface area contributed by atoms with Gasteiger partial charge in [-0.25, -0.2) is 0 Å². The van der Waals surface area contributed by atoms with Crippen LogP contribution in [0.25, 0.3) is 88.5 Å². The average molecular weight is 881 g/mol. The van der Waals surface area contributed by atoms with Gasteiger partial charge >= 0.3 is 18.5 Å². The van der Waals surface area contributed by atoms with Crippen LogP contribution in [0.1, 0.15) is 27.8 Å². The van der Waals surface area contributed by atoms with E-state index >= 15 is 0 Å². The molecule has 65 heavy (non-hydrogen) atoms. The van der Waals surface area contributed by atoms with Gasteiger partial charge in [0.15, 0.2) is 0 Å². The number of benzene rings is 7. The number of hydrogen-bond acceptors (Lipinski definition) is 2. The molecule has 0 atom stereocenters. The van der Waals surface area contributed by atoms with Gasteiger partial charge in [-0.15, -0.1) is 0 Å². The Hall–Kier alpha value is -7.85. The van der Waals surface area contributed by atoms with Crippen LogP contribution in [0, 0.1) is 18.3 Å². The Balaban J connectivity index is 1.18. The van der Waals surface area contributed by atoms with Crippen molar-refractivity contribution in [1.82, 2.24) is 14.1 Å². The van der Waals surface area contributed by atoms with Crippen LogP contribution >= 0.6 is 0 Å². The molecule has 10 rings (SSSR count). The van der Waals surface area contributed by atoms with Crippen molar-refractivity contribution in [3.63, 3.8) is 0 Å². The van der Waals surface area contributed by atoms with E-state index in [4.69, 9.17) is 4.98 Å². The summed E-state index contributed by atoms with van der Waals surface area (Å²) in [6.07, 6.45) is -13.0. The Kier molecular flexibility index (Phi) is 9.42. The summed E-state index contributed by atoms with van der Waals surface area (Å²) in [5, 5.41) is 13.0. The van der Waals surface area contributed by atoms with E-state index in [2.05, 4.69) is 6.07 Å². The number of hydrogen-bond donors (Lipinski definition) is 0. The number of rotatable bonds is 5. The van der Waals surface area contributed by atoms with Gasteiger partial charge in [0.25, 0.3) is 0 Å². The summed E-state index contributed by atoms with van der Waals surface area (Å²) in [7, 11) is 0. The molecule has 0 aliphatic rings. The highest BCUT2D eigenvalue weighted by molar-refractivity contribution is 6.12. The van der Waals surface area contributed by atoms with Crippen molar-refractivity contribution < 1.29 is 39.5 Å². The topological polar surface area (TPSA) is 46.5 Å². The van der Waals surface area contributed by atoms with Gasteiger partial charge < -0.3 is 9.13 Å². The lowest BCUT2D eigenvalue weighted by Gasteiger charge is -2.18. The van der Waals surface area contributed by atoms with Crippen molar-refractivity contribution in [3.05, 3.63) is 186 Å². The van der Waals surface area contributed by atoms with Crippen molar-refractivity contribution in [1.29, 1.82) is 5.26 Å². The maximum Gasteiger partial charge on any atom is 0.416 e. The van der Waals surface area contributed by atoms with E-state index in [9.17, 15) is 44.8 Å². The Bertz CT molecular complexity index is 3570. The molecule has 0 aliphatic carbocycles. The zero-order valence-corrected chi connectivity index (χ0v) is 33.7. The quantitative estimate of drug-likeness (QED) is 0.162. The number of alkyl halides is 9. The summed E-state index contributed by atoms with van der Waals surface area (Å²) in [6.45, 7) is 1.62. The molecular weight excluding hydrogens is 852 g/mol. The zero-order chi connectivity index (χ0) is 45.6. The second kappa shape index (κ2) is 14.9. The van der Waals surface area contributed by atoms with Crippen LogP contribution in [0.4, 0.5) is 39.5 Å². The molecule has 7 aromatic carbocycles. The summed E-state index contributed by atoms with van der Waals surface area (Å²) in [6, 6.07) is 41.6. The molecule has 0 saturated carbocycles. The molecule has 0 amide bonds. The number of aryl methyl sites for hydroxylation is 1. The Labute approximate surface area is 363 Å². The maximum absolute atomic E-state index is 13.9. The van der Waals surface area contributed by atoms with Gasteiger partial charge in [0, 0.05) is 33.3 Å². The summed E-state index contributed by atoms with van der Waals surface area (Å²) in [5.74, 6) is 0. The van der Waals surface area contributed by atoms with Gasteiger partial charge in [0.05, 0.1) is 67.5 Å². The van der Waals surface area contributed by atoms with Crippen LogP contribution < -0.4 is 0 Å². The van der Waals surface area contributed by atoms with E-state index in [1.54, 1.807) is 61.7 Å². The largest absolute Gasteiger partial charge is 0.416 e. The van der Waals surface area contributed by atoms with Crippen LogP contribution in [-0.2, 0) is 18.5 Å². The van der Waals surface area contributed by atoms with Crippen LogP contribution in [0.5, 0.6) is 0 Å². The van der Waals surface area contributed by atoms with E-state index in [0.29, 0.717) is 78.8 Å². The molecule has 0 aliphatic heterocycles. The number of para-hydroxylation sites is 2. The lowest BCUT2D eigenvalue weighted by Crippen LogP contribution is -2.11. The highest BCUT2D eigenvalue weighted by Crippen LogP contribution is 2.44. The molecule has 320 valence electrons. The van der Waals surface area contributed by atoms with Crippen LogP contribution in [-0.4, -0.2) is 14.1 Å². The number of pyridine rings is 1. The molecule has 0 bridgehead atoms. The Morgan fingerprint density at radius 2 is 0.938 bits per heavy atom. The Morgan fingerprint density at radius 1 is 0.446 bits per heavy atom. The van der Waals surface area contributed by atoms with Gasteiger partial charge in [-0.2, -0.15) is 44.8 Å². The third-order valence-electron chi connectivity index (χ3n) is 11.7. The van der Waals surface area contributed by atoms with Gasteiger partial charge in [-0.1, -0.05) is 54.6 Å². The van der Waals surface area contributed by atoms with E-state index in [1.165, 1.54) is 6.07 Å². The molecule has 0 radical (unpaired) electrons. The second-order valence-electron chi connectivity index (χ2n) is 15.8. The minimum atomic E-state index is -5.03. The number of nitrogens with zero attached hydrogens (tertiary/aromatic N) is 4. The molecule has 4 nitrogen and oxygen atoms in total. The molecule has 0 N–H and O–H groups in total. The monoisotopic (exact) mass is 880 g/mol. The van der Waals surface area contributed by atoms with Crippen molar-refractivity contribution in [3.8, 4) is 51.0 Å². The van der Waals surface area contributed by atoms with E-state index < -0.39 is 35.2 Å². The highest BCUT2D eigenvalue weighted by Gasteiger charge is 2.37. The molecule has 0 unspecified atom stereocenters. The first-order valence-electron chi connectivity index (χ1n) is 20.0. The Morgan fingerprint density at radius 3 is 1.48 bits per heavy atom. The molecular formula is C52H29F9N4. The molecule has 3 aromatic heterocycles. The number of fused-ring (bicyclic) bond motifs is 6. The van der Waals surface area contributed by atoms with Gasteiger partial charge in [0.2, 0.25) is 0 Å². The molecule has 0 spiro atoms. The van der Waals surface area contributed by atoms with Gasteiger partial charge in [0.1, 0.15) is 0 Å². The minimum Gasteiger partial charge on any atom is -0.309 e. The first-order chi connectivity index (χ1) is 31.0. The predicted octanol–water partition coefficient (Wildman–Crippen LogP) is 15.5. The normalized spacial score (nSPS) is 12.4. The average Bonchev–Trinajstić information content (AvgIpc) is 3.79. The van der Waals surface area contributed by atoms with Crippen molar-refractivity contribution in [2.24, 2.45) is 0 Å². The summed E-state index contributed by atoms with van der Waals surface area (Å²) in [4.78, 5) is 4.90. The van der Waals surface area contributed by atoms with E-state index in [0.717, 1.165) is 33.9 Å². The number of aromatic nitrogens is 3. The molecule has 0 fully saturated rings. The minimum absolute atomic E-state index is 0.103. The van der Waals surface area contributed by atoms with E-state index in [-0.39, 0.29) is 17.2 Å². The first kappa shape index (κ1) is 41.2. The molecule has 3 heterocycles. The standard InChI is InChI=1S/C52H29F9N4/c1-29-19-33(22-35(20-29)50(53,54)55)31-13-16-45-40(25-31)38-7-2-4-9-43(38)64(45)47-15-12-30(28-62)21-42(47)49-48(11-6-18-63-49)65-44-10-5-3-8-39(44)41-26-32(14-17-46(41)65)34-23-36(51(56,57)58)27-37(24-34)52(59,60)61/h2-27H,1H3. The molecule has 10 aromatic rings. The fourth-order valence-electron chi connectivity index (χ4n) is 8.83. The fourth-order valence-corrected chi connectivity index (χ4v) is 8.83.